The molecule has 1 rings (SSSR count). The molecule has 6 heteroatoms. The van der Waals surface area contributed by atoms with Crippen LogP contribution in [0.2, 0.25) is 0 Å². The molecule has 114 valence electrons. The Bertz CT molecular complexity index is 545. The molecule has 20 heavy (non-hydrogen) atoms. The van der Waals surface area contributed by atoms with Crippen LogP contribution in [0.15, 0.2) is 23.1 Å². The van der Waals surface area contributed by atoms with Gasteiger partial charge in [0.15, 0.2) is 0 Å². The SMILES string of the molecule is CCCC(C)N(C)S(=O)(=O)c1ccc(CCl)cc1OC. The number of benzene rings is 1. The van der Waals surface area contributed by atoms with Crippen LogP contribution in [-0.2, 0) is 15.9 Å². The number of nitrogens with zero attached hydrogens (tertiary/aromatic N) is 1. The average Bonchev–Trinajstić information content (AvgIpc) is 2.45. The number of hydrogen-bond donors (Lipinski definition) is 0. The maximum atomic E-state index is 12.6. The highest BCUT2D eigenvalue weighted by atomic mass is 35.5. The van der Waals surface area contributed by atoms with E-state index in [0.717, 1.165) is 18.4 Å². The summed E-state index contributed by atoms with van der Waals surface area (Å²) in [5.41, 5.74) is 0.826. The van der Waals surface area contributed by atoms with Crippen LogP contribution in [0.1, 0.15) is 32.3 Å². The molecule has 0 aliphatic rings. The summed E-state index contributed by atoms with van der Waals surface area (Å²) in [5, 5.41) is 0. The molecule has 1 unspecified atom stereocenters. The van der Waals surface area contributed by atoms with E-state index in [1.165, 1.54) is 11.4 Å². The number of methoxy groups -OCH3 is 1. The van der Waals surface area contributed by atoms with E-state index in [2.05, 4.69) is 0 Å². The Morgan fingerprint density at radius 3 is 2.55 bits per heavy atom. The van der Waals surface area contributed by atoms with E-state index in [4.69, 9.17) is 16.3 Å². The molecule has 0 saturated heterocycles. The lowest BCUT2D eigenvalue weighted by Gasteiger charge is -2.25. The van der Waals surface area contributed by atoms with Crippen LogP contribution in [0.3, 0.4) is 0 Å². The summed E-state index contributed by atoms with van der Waals surface area (Å²) in [5.74, 6) is 0.650. The van der Waals surface area contributed by atoms with Crippen molar-refractivity contribution in [2.75, 3.05) is 14.2 Å². The Morgan fingerprint density at radius 1 is 1.40 bits per heavy atom. The van der Waals surface area contributed by atoms with E-state index in [9.17, 15) is 8.42 Å². The first-order valence-corrected chi connectivity index (χ1v) is 8.56. The van der Waals surface area contributed by atoms with Crippen LogP contribution in [0.4, 0.5) is 0 Å². The van der Waals surface area contributed by atoms with Crippen LogP contribution in [-0.4, -0.2) is 32.9 Å². The molecule has 0 heterocycles. The molecule has 0 N–H and O–H groups in total. The predicted molar refractivity (Wildman–Crippen MR) is 81.9 cm³/mol. The summed E-state index contributed by atoms with van der Waals surface area (Å²) in [7, 11) is -0.501. The molecule has 1 aromatic rings. The zero-order valence-electron chi connectivity index (χ0n) is 12.4. The summed E-state index contributed by atoms with van der Waals surface area (Å²) in [4.78, 5) is 0.180. The average molecular weight is 320 g/mol. The molecule has 0 aromatic heterocycles. The van der Waals surface area contributed by atoms with Gasteiger partial charge < -0.3 is 4.74 Å². The van der Waals surface area contributed by atoms with E-state index in [1.807, 2.05) is 13.8 Å². The maximum absolute atomic E-state index is 12.6. The summed E-state index contributed by atoms with van der Waals surface area (Å²) in [6.07, 6.45) is 1.75. The van der Waals surface area contributed by atoms with E-state index >= 15 is 0 Å². The summed E-state index contributed by atoms with van der Waals surface area (Å²) >= 11 is 5.76. The molecule has 0 amide bonds. The van der Waals surface area contributed by atoms with E-state index < -0.39 is 10.0 Å². The quantitative estimate of drug-likeness (QED) is 0.725. The van der Waals surface area contributed by atoms with Gasteiger partial charge in [-0.25, -0.2) is 8.42 Å². The van der Waals surface area contributed by atoms with Gasteiger partial charge in [0.2, 0.25) is 10.0 Å². The van der Waals surface area contributed by atoms with Gasteiger partial charge in [-0.1, -0.05) is 19.4 Å². The van der Waals surface area contributed by atoms with Crippen molar-refractivity contribution in [3.63, 3.8) is 0 Å². The van der Waals surface area contributed by atoms with Crippen LogP contribution in [0, 0.1) is 0 Å². The van der Waals surface area contributed by atoms with Crippen molar-refractivity contribution in [2.24, 2.45) is 0 Å². The maximum Gasteiger partial charge on any atom is 0.246 e. The summed E-state index contributed by atoms with van der Waals surface area (Å²) in [6.45, 7) is 3.94. The highest BCUT2D eigenvalue weighted by Crippen LogP contribution is 2.29. The first-order valence-electron chi connectivity index (χ1n) is 6.59. The van der Waals surface area contributed by atoms with Gasteiger partial charge >= 0.3 is 0 Å². The highest BCUT2D eigenvalue weighted by molar-refractivity contribution is 7.89. The molecule has 0 aliphatic carbocycles. The Labute approximate surface area is 126 Å². The monoisotopic (exact) mass is 319 g/mol. The lowest BCUT2D eigenvalue weighted by molar-refractivity contribution is 0.362. The highest BCUT2D eigenvalue weighted by Gasteiger charge is 2.28. The fourth-order valence-corrected chi connectivity index (χ4v) is 3.69. The van der Waals surface area contributed by atoms with E-state index in [-0.39, 0.29) is 10.9 Å². The zero-order chi connectivity index (χ0) is 15.3. The lowest BCUT2D eigenvalue weighted by Crippen LogP contribution is -2.35. The molecule has 0 bridgehead atoms. The molecule has 0 spiro atoms. The normalized spacial score (nSPS) is 13.5. The number of rotatable bonds is 7. The molecule has 1 aromatic carbocycles. The minimum Gasteiger partial charge on any atom is -0.495 e. The van der Waals surface area contributed by atoms with Crippen LogP contribution < -0.4 is 4.74 Å². The molecule has 0 radical (unpaired) electrons. The van der Waals surface area contributed by atoms with Gasteiger partial charge in [-0.3, -0.25) is 0 Å². The molecular weight excluding hydrogens is 298 g/mol. The van der Waals surface area contributed by atoms with Crippen molar-refractivity contribution in [3.05, 3.63) is 23.8 Å². The second-order valence-corrected chi connectivity index (χ2v) is 7.01. The Kier molecular flexibility index (Phi) is 6.30. The fraction of sp³-hybridized carbons (Fsp3) is 0.571. The van der Waals surface area contributed by atoms with Crippen LogP contribution >= 0.6 is 11.6 Å². The molecule has 0 saturated carbocycles. The second-order valence-electron chi connectivity index (χ2n) is 4.78. The largest absolute Gasteiger partial charge is 0.495 e. The van der Waals surface area contributed by atoms with Gasteiger partial charge in [-0.2, -0.15) is 4.31 Å². The van der Waals surface area contributed by atoms with Gasteiger partial charge in [-0.15, -0.1) is 11.6 Å². The zero-order valence-corrected chi connectivity index (χ0v) is 14.0. The van der Waals surface area contributed by atoms with E-state index in [1.54, 1.807) is 25.2 Å². The first-order chi connectivity index (χ1) is 9.38. The van der Waals surface area contributed by atoms with Crippen LogP contribution in [0.25, 0.3) is 0 Å². The predicted octanol–water partition coefficient (Wildman–Crippen LogP) is 3.24. The third kappa shape index (κ3) is 3.65. The minimum atomic E-state index is -3.56. The summed E-state index contributed by atoms with van der Waals surface area (Å²) in [6, 6.07) is 4.88. The van der Waals surface area contributed by atoms with Gasteiger partial charge in [-0.05, 0) is 31.0 Å². The Hall–Kier alpha value is -0.780. The second kappa shape index (κ2) is 7.29. The smallest absolute Gasteiger partial charge is 0.246 e. The lowest BCUT2D eigenvalue weighted by atomic mass is 10.2. The van der Waals surface area contributed by atoms with Gasteiger partial charge in [0, 0.05) is 19.0 Å². The van der Waals surface area contributed by atoms with Crippen molar-refractivity contribution in [1.82, 2.24) is 4.31 Å². The van der Waals surface area contributed by atoms with Gasteiger partial charge in [0.1, 0.15) is 10.6 Å². The van der Waals surface area contributed by atoms with Crippen molar-refractivity contribution in [2.45, 2.75) is 43.5 Å². The van der Waals surface area contributed by atoms with Gasteiger partial charge in [0.05, 0.1) is 7.11 Å². The topological polar surface area (TPSA) is 46.6 Å². The minimum absolute atomic E-state index is 0.0533. The molecule has 4 nitrogen and oxygen atoms in total. The van der Waals surface area contributed by atoms with Crippen LogP contribution in [0.5, 0.6) is 5.75 Å². The summed E-state index contributed by atoms with van der Waals surface area (Å²) < 4.78 is 31.9. The number of sulfonamides is 1. The van der Waals surface area contributed by atoms with Gasteiger partial charge in [0.25, 0.3) is 0 Å². The van der Waals surface area contributed by atoms with Crippen molar-refractivity contribution < 1.29 is 13.2 Å². The molecule has 0 fully saturated rings. The van der Waals surface area contributed by atoms with Crippen molar-refractivity contribution in [1.29, 1.82) is 0 Å². The Morgan fingerprint density at radius 2 is 2.05 bits per heavy atom. The molecule has 1 atom stereocenters. The van der Waals surface area contributed by atoms with Crippen molar-refractivity contribution >= 4 is 21.6 Å². The number of alkyl halides is 1. The standard InChI is InChI=1S/C14H22ClNO3S/c1-5-6-11(2)16(3)20(17,18)14-8-7-12(10-15)9-13(14)19-4/h7-9,11H,5-6,10H2,1-4H3. The number of halogens is 1. The fourth-order valence-electron chi connectivity index (χ4n) is 2.00. The van der Waals surface area contributed by atoms with Crippen molar-refractivity contribution in [3.8, 4) is 5.75 Å². The third-order valence-electron chi connectivity index (χ3n) is 3.37. The first kappa shape index (κ1) is 17.3. The van der Waals surface area contributed by atoms with E-state index in [0.29, 0.717) is 11.6 Å². The molecule has 0 aliphatic heterocycles. The number of hydrogen-bond acceptors (Lipinski definition) is 3. The Balaban J connectivity index is 3.21. The number of ether oxygens (including phenoxy) is 1. The molecular formula is C14H22ClNO3S. The third-order valence-corrected chi connectivity index (χ3v) is 5.69.